The van der Waals surface area contributed by atoms with Crippen LogP contribution in [0.15, 0.2) is 6.07 Å². The molecule has 1 aliphatic rings. The standard InChI is InChI=1S/C16H23N5O/c1-10-15(11(2)21(3)20-10)13-9-14(19-18-13)16(22)17-12-7-5-4-6-8-12/h9,12H,4-8H2,1-3H3,(H,17,22)(H,18,19). The molecule has 0 saturated heterocycles. The monoisotopic (exact) mass is 301 g/mol. The van der Waals surface area contributed by atoms with Gasteiger partial charge in [0, 0.05) is 24.3 Å². The summed E-state index contributed by atoms with van der Waals surface area (Å²) in [6, 6.07) is 2.12. The van der Waals surface area contributed by atoms with E-state index < -0.39 is 0 Å². The maximum Gasteiger partial charge on any atom is 0.269 e. The summed E-state index contributed by atoms with van der Waals surface area (Å²) in [6.45, 7) is 3.96. The Hall–Kier alpha value is -2.11. The largest absolute Gasteiger partial charge is 0.348 e. The van der Waals surface area contributed by atoms with Crippen LogP contribution >= 0.6 is 0 Å². The lowest BCUT2D eigenvalue weighted by Crippen LogP contribution is -2.36. The molecule has 0 radical (unpaired) electrons. The van der Waals surface area contributed by atoms with E-state index in [9.17, 15) is 4.79 Å². The average Bonchev–Trinajstić information content (AvgIpc) is 3.06. The van der Waals surface area contributed by atoms with Gasteiger partial charge in [-0.3, -0.25) is 14.6 Å². The highest BCUT2D eigenvalue weighted by atomic mass is 16.2. The smallest absolute Gasteiger partial charge is 0.269 e. The first kappa shape index (κ1) is 14.8. The highest BCUT2D eigenvalue weighted by Gasteiger charge is 2.20. The van der Waals surface area contributed by atoms with Crippen molar-refractivity contribution in [2.75, 3.05) is 0 Å². The zero-order valence-electron chi connectivity index (χ0n) is 13.4. The Bertz CT molecular complexity index is 679. The molecule has 1 saturated carbocycles. The van der Waals surface area contributed by atoms with Crippen LogP contribution in [-0.2, 0) is 7.05 Å². The number of aromatic nitrogens is 4. The normalized spacial score (nSPS) is 16.0. The Morgan fingerprint density at radius 3 is 2.68 bits per heavy atom. The van der Waals surface area contributed by atoms with E-state index in [1.807, 2.05) is 31.6 Å². The number of nitrogens with zero attached hydrogens (tertiary/aromatic N) is 3. The lowest BCUT2D eigenvalue weighted by Gasteiger charge is -2.22. The molecule has 1 fully saturated rings. The molecule has 22 heavy (non-hydrogen) atoms. The van der Waals surface area contributed by atoms with Gasteiger partial charge in [0.15, 0.2) is 0 Å². The molecule has 0 bridgehead atoms. The molecule has 0 aliphatic heterocycles. The second-order valence-electron chi connectivity index (χ2n) is 6.14. The van der Waals surface area contributed by atoms with Gasteiger partial charge in [0.05, 0.1) is 11.4 Å². The minimum Gasteiger partial charge on any atom is -0.348 e. The second-order valence-corrected chi connectivity index (χ2v) is 6.14. The number of rotatable bonds is 3. The van der Waals surface area contributed by atoms with E-state index in [0.717, 1.165) is 35.5 Å². The number of carbonyl (C=O) groups excluding carboxylic acids is 1. The number of nitrogens with one attached hydrogen (secondary N) is 2. The molecule has 2 aromatic heterocycles. The van der Waals surface area contributed by atoms with Crippen molar-refractivity contribution in [1.82, 2.24) is 25.3 Å². The Kier molecular flexibility index (Phi) is 4.00. The molecule has 1 amide bonds. The van der Waals surface area contributed by atoms with Gasteiger partial charge < -0.3 is 5.32 Å². The second kappa shape index (κ2) is 5.94. The van der Waals surface area contributed by atoms with Gasteiger partial charge in [0.1, 0.15) is 5.69 Å². The highest BCUT2D eigenvalue weighted by Crippen LogP contribution is 2.25. The molecule has 0 atom stereocenters. The number of hydrogen-bond acceptors (Lipinski definition) is 3. The van der Waals surface area contributed by atoms with E-state index in [2.05, 4.69) is 20.6 Å². The summed E-state index contributed by atoms with van der Waals surface area (Å²) in [5, 5.41) is 14.7. The fraction of sp³-hybridized carbons (Fsp3) is 0.562. The number of amides is 1. The highest BCUT2D eigenvalue weighted by molar-refractivity contribution is 5.93. The summed E-state index contributed by atoms with van der Waals surface area (Å²) >= 11 is 0. The maximum absolute atomic E-state index is 12.3. The fourth-order valence-corrected chi connectivity index (χ4v) is 3.22. The number of carbonyl (C=O) groups is 1. The van der Waals surface area contributed by atoms with E-state index in [-0.39, 0.29) is 5.91 Å². The third-order valence-electron chi connectivity index (χ3n) is 4.53. The summed E-state index contributed by atoms with van der Waals surface area (Å²) in [5.74, 6) is -0.0650. The van der Waals surface area contributed by atoms with Crippen LogP contribution in [0.4, 0.5) is 0 Å². The van der Waals surface area contributed by atoms with Crippen molar-refractivity contribution in [2.45, 2.75) is 52.0 Å². The van der Waals surface area contributed by atoms with Crippen molar-refractivity contribution in [1.29, 1.82) is 0 Å². The van der Waals surface area contributed by atoms with Crippen molar-refractivity contribution in [3.05, 3.63) is 23.1 Å². The molecule has 2 heterocycles. The Labute approximate surface area is 130 Å². The van der Waals surface area contributed by atoms with Gasteiger partial charge in [-0.2, -0.15) is 10.2 Å². The molecule has 2 N–H and O–H groups in total. The van der Waals surface area contributed by atoms with E-state index in [1.54, 1.807) is 0 Å². The molecule has 0 spiro atoms. The van der Waals surface area contributed by atoms with Crippen LogP contribution in [-0.4, -0.2) is 31.9 Å². The van der Waals surface area contributed by atoms with Crippen LogP contribution in [0.1, 0.15) is 54.0 Å². The number of aryl methyl sites for hydroxylation is 2. The Balaban J connectivity index is 1.77. The van der Waals surface area contributed by atoms with Crippen LogP contribution in [0, 0.1) is 13.8 Å². The van der Waals surface area contributed by atoms with Crippen molar-refractivity contribution >= 4 is 5.91 Å². The zero-order valence-corrected chi connectivity index (χ0v) is 13.4. The molecular weight excluding hydrogens is 278 g/mol. The lowest BCUT2D eigenvalue weighted by molar-refractivity contribution is 0.0922. The van der Waals surface area contributed by atoms with E-state index >= 15 is 0 Å². The summed E-state index contributed by atoms with van der Waals surface area (Å²) in [7, 11) is 1.91. The van der Waals surface area contributed by atoms with Crippen molar-refractivity contribution in [3.63, 3.8) is 0 Å². The molecule has 6 nitrogen and oxygen atoms in total. The topological polar surface area (TPSA) is 75.6 Å². The Morgan fingerprint density at radius 2 is 2.05 bits per heavy atom. The lowest BCUT2D eigenvalue weighted by atomic mass is 9.95. The van der Waals surface area contributed by atoms with E-state index in [1.165, 1.54) is 19.3 Å². The third-order valence-corrected chi connectivity index (χ3v) is 4.53. The third kappa shape index (κ3) is 2.77. The van der Waals surface area contributed by atoms with E-state index in [4.69, 9.17) is 0 Å². The average molecular weight is 301 g/mol. The van der Waals surface area contributed by atoms with Gasteiger partial charge in [-0.05, 0) is 32.8 Å². The molecule has 3 rings (SSSR count). The molecule has 0 aromatic carbocycles. The van der Waals surface area contributed by atoms with Crippen LogP contribution in [0.3, 0.4) is 0 Å². The van der Waals surface area contributed by atoms with Crippen molar-refractivity contribution in [2.24, 2.45) is 7.05 Å². The fourth-order valence-electron chi connectivity index (χ4n) is 3.22. The molecule has 6 heteroatoms. The first-order chi connectivity index (χ1) is 10.6. The van der Waals surface area contributed by atoms with Crippen LogP contribution in [0.5, 0.6) is 0 Å². The molecule has 1 aliphatic carbocycles. The molecule has 0 unspecified atom stereocenters. The Morgan fingerprint density at radius 1 is 1.32 bits per heavy atom. The summed E-state index contributed by atoms with van der Waals surface area (Å²) in [5.41, 5.74) is 4.25. The van der Waals surface area contributed by atoms with Crippen LogP contribution < -0.4 is 5.32 Å². The SMILES string of the molecule is Cc1nn(C)c(C)c1-c1cc(C(=O)NC2CCCCC2)[nH]n1. The molecular formula is C16H23N5O. The van der Waals surface area contributed by atoms with Crippen molar-refractivity contribution < 1.29 is 4.79 Å². The van der Waals surface area contributed by atoms with Crippen LogP contribution in [0.25, 0.3) is 11.3 Å². The summed E-state index contributed by atoms with van der Waals surface area (Å²) in [6.07, 6.45) is 5.84. The minimum atomic E-state index is -0.0650. The van der Waals surface area contributed by atoms with Gasteiger partial charge in [-0.25, -0.2) is 0 Å². The first-order valence-electron chi connectivity index (χ1n) is 7.93. The summed E-state index contributed by atoms with van der Waals surface area (Å²) in [4.78, 5) is 12.3. The molecule has 118 valence electrons. The predicted molar refractivity (Wildman–Crippen MR) is 84.6 cm³/mol. The van der Waals surface area contributed by atoms with Gasteiger partial charge in [-0.1, -0.05) is 19.3 Å². The number of H-pyrrole nitrogens is 1. The molecule has 2 aromatic rings. The van der Waals surface area contributed by atoms with Crippen molar-refractivity contribution in [3.8, 4) is 11.3 Å². The maximum atomic E-state index is 12.3. The van der Waals surface area contributed by atoms with E-state index in [0.29, 0.717) is 11.7 Å². The van der Waals surface area contributed by atoms with Gasteiger partial charge >= 0.3 is 0 Å². The zero-order chi connectivity index (χ0) is 15.7. The quantitative estimate of drug-likeness (QED) is 0.914. The minimum absolute atomic E-state index is 0.0650. The van der Waals surface area contributed by atoms with Gasteiger partial charge in [0.2, 0.25) is 0 Å². The number of aromatic amines is 1. The van der Waals surface area contributed by atoms with Crippen LogP contribution in [0.2, 0.25) is 0 Å². The first-order valence-corrected chi connectivity index (χ1v) is 7.93. The predicted octanol–water partition coefficient (Wildman–Crippen LogP) is 2.49. The van der Waals surface area contributed by atoms with Gasteiger partial charge in [-0.15, -0.1) is 0 Å². The summed E-state index contributed by atoms with van der Waals surface area (Å²) < 4.78 is 1.83. The number of hydrogen-bond donors (Lipinski definition) is 2. The van der Waals surface area contributed by atoms with Gasteiger partial charge in [0.25, 0.3) is 5.91 Å².